The third-order valence-corrected chi connectivity index (χ3v) is 4.56. The van der Waals surface area contributed by atoms with E-state index >= 15 is 0 Å². The van der Waals surface area contributed by atoms with Crippen LogP contribution in [0.4, 0.5) is 11.4 Å². The molecule has 7 heteroatoms. The van der Waals surface area contributed by atoms with Gasteiger partial charge in [0.05, 0.1) is 5.69 Å². The molecule has 0 bridgehead atoms. The van der Waals surface area contributed by atoms with Gasteiger partial charge >= 0.3 is 0 Å². The average Bonchev–Trinajstić information content (AvgIpc) is 2.63. The molecule has 2 aromatic rings. The first-order valence-electron chi connectivity index (χ1n) is 8.49. The van der Waals surface area contributed by atoms with Crippen LogP contribution in [0.15, 0.2) is 42.5 Å². The lowest BCUT2D eigenvalue weighted by Gasteiger charge is -2.29. The molecule has 0 saturated heterocycles. The topological polar surface area (TPSA) is 58.6 Å². The van der Waals surface area contributed by atoms with Crippen molar-refractivity contribution in [3.63, 3.8) is 0 Å². The van der Waals surface area contributed by atoms with Gasteiger partial charge in [0.1, 0.15) is 5.75 Å². The van der Waals surface area contributed by atoms with Crippen molar-refractivity contribution in [2.45, 2.75) is 13.3 Å². The van der Waals surface area contributed by atoms with Crippen molar-refractivity contribution in [3.05, 3.63) is 58.1 Å². The summed E-state index contributed by atoms with van der Waals surface area (Å²) in [6, 6.07) is 10.3. The fraction of sp³-hybridized carbons (Fsp3) is 0.200. The summed E-state index contributed by atoms with van der Waals surface area (Å²) in [6.45, 7) is 2.64. The Kier molecular flexibility index (Phi) is 6.04. The monoisotopic (exact) mass is 404 g/mol. The molecule has 1 heterocycles. The van der Waals surface area contributed by atoms with Gasteiger partial charge in [0, 0.05) is 34.4 Å². The second-order valence-electron chi connectivity index (χ2n) is 6.00. The fourth-order valence-electron chi connectivity index (χ4n) is 2.74. The summed E-state index contributed by atoms with van der Waals surface area (Å²) in [5.41, 5.74) is 1.99. The smallest absolute Gasteiger partial charge is 0.265 e. The van der Waals surface area contributed by atoms with Crippen LogP contribution in [-0.2, 0) is 9.59 Å². The first-order valence-corrected chi connectivity index (χ1v) is 9.25. The zero-order valence-corrected chi connectivity index (χ0v) is 16.2. The zero-order chi connectivity index (χ0) is 19.4. The van der Waals surface area contributed by atoms with E-state index in [0.717, 1.165) is 12.1 Å². The standard InChI is InChI=1S/C20H18Cl2N2O3/c1-2-9-24-17-7-6-15(11-18(17)27-12-20(24)26)23-19(25)8-4-13-3-5-14(21)10-16(13)22/h3-8,10-11H,2,9,12H2,1H3,(H,23,25)/b8-4+. The molecule has 140 valence electrons. The quantitative estimate of drug-likeness (QED) is 0.729. The molecule has 2 aromatic carbocycles. The SMILES string of the molecule is CCCN1C(=O)COc2cc(NC(=O)/C=C/c3ccc(Cl)cc3Cl)ccc21. The second-order valence-corrected chi connectivity index (χ2v) is 6.85. The van der Waals surface area contributed by atoms with Crippen LogP contribution in [0.1, 0.15) is 18.9 Å². The molecule has 0 saturated carbocycles. The van der Waals surface area contributed by atoms with E-state index in [1.165, 1.54) is 6.08 Å². The number of carbonyl (C=O) groups excluding carboxylic acids is 2. The summed E-state index contributed by atoms with van der Waals surface area (Å²) in [6.07, 6.45) is 3.86. The molecule has 0 aromatic heterocycles. The number of nitrogens with zero attached hydrogens (tertiary/aromatic N) is 1. The second kappa shape index (κ2) is 8.46. The third kappa shape index (κ3) is 4.62. The Morgan fingerprint density at radius 2 is 2.07 bits per heavy atom. The highest BCUT2D eigenvalue weighted by Gasteiger charge is 2.24. The minimum absolute atomic E-state index is 0.000627. The van der Waals surface area contributed by atoms with Gasteiger partial charge in [-0.2, -0.15) is 0 Å². The molecule has 0 atom stereocenters. The lowest BCUT2D eigenvalue weighted by Crippen LogP contribution is -2.39. The number of anilines is 2. The molecule has 0 spiro atoms. The molecule has 0 unspecified atom stereocenters. The number of halogens is 2. The number of fused-ring (bicyclic) bond motifs is 1. The van der Waals surface area contributed by atoms with Crippen molar-refractivity contribution in [1.29, 1.82) is 0 Å². The highest BCUT2D eigenvalue weighted by atomic mass is 35.5. The molecule has 0 radical (unpaired) electrons. The van der Waals surface area contributed by atoms with Gasteiger partial charge in [0.25, 0.3) is 5.91 Å². The molecular weight excluding hydrogens is 387 g/mol. The van der Waals surface area contributed by atoms with Crippen LogP contribution >= 0.6 is 23.2 Å². The van der Waals surface area contributed by atoms with Crippen LogP contribution in [0.2, 0.25) is 10.0 Å². The number of hydrogen-bond acceptors (Lipinski definition) is 3. The van der Waals surface area contributed by atoms with Crippen LogP contribution in [0.3, 0.4) is 0 Å². The zero-order valence-electron chi connectivity index (χ0n) is 14.7. The van der Waals surface area contributed by atoms with Crippen LogP contribution < -0.4 is 15.0 Å². The van der Waals surface area contributed by atoms with E-state index in [0.29, 0.717) is 33.6 Å². The van der Waals surface area contributed by atoms with Gasteiger partial charge in [0.15, 0.2) is 6.61 Å². The summed E-state index contributed by atoms with van der Waals surface area (Å²) in [4.78, 5) is 25.9. The van der Waals surface area contributed by atoms with E-state index in [-0.39, 0.29) is 18.4 Å². The molecule has 2 amide bonds. The van der Waals surface area contributed by atoms with Crippen molar-refractivity contribution in [2.24, 2.45) is 0 Å². The van der Waals surface area contributed by atoms with Gasteiger partial charge in [-0.1, -0.05) is 36.2 Å². The Labute approximate surface area is 167 Å². The van der Waals surface area contributed by atoms with Crippen molar-refractivity contribution in [1.82, 2.24) is 0 Å². The molecule has 1 N–H and O–H groups in total. The summed E-state index contributed by atoms with van der Waals surface area (Å²) in [5.74, 6) is 0.202. The minimum atomic E-state index is -0.307. The molecule has 0 aliphatic carbocycles. The maximum atomic E-state index is 12.2. The van der Waals surface area contributed by atoms with Gasteiger partial charge in [-0.05, 0) is 42.3 Å². The van der Waals surface area contributed by atoms with E-state index in [4.69, 9.17) is 27.9 Å². The number of nitrogens with one attached hydrogen (secondary N) is 1. The molecule has 0 fully saturated rings. The van der Waals surface area contributed by atoms with E-state index in [1.807, 2.05) is 6.92 Å². The lowest BCUT2D eigenvalue weighted by molar-refractivity contribution is -0.121. The first-order chi connectivity index (χ1) is 13.0. The van der Waals surface area contributed by atoms with E-state index < -0.39 is 0 Å². The molecule has 1 aliphatic rings. The van der Waals surface area contributed by atoms with E-state index in [9.17, 15) is 9.59 Å². The summed E-state index contributed by atoms with van der Waals surface area (Å²) >= 11 is 11.9. The maximum absolute atomic E-state index is 12.2. The highest BCUT2D eigenvalue weighted by Crippen LogP contribution is 2.34. The van der Waals surface area contributed by atoms with Gasteiger partial charge in [-0.25, -0.2) is 0 Å². The average molecular weight is 405 g/mol. The Bertz CT molecular complexity index is 912. The van der Waals surface area contributed by atoms with Crippen molar-refractivity contribution in [2.75, 3.05) is 23.4 Å². The Morgan fingerprint density at radius 3 is 2.81 bits per heavy atom. The van der Waals surface area contributed by atoms with Crippen LogP contribution in [-0.4, -0.2) is 25.0 Å². The van der Waals surface area contributed by atoms with Crippen LogP contribution in [0.5, 0.6) is 5.75 Å². The molecule has 27 heavy (non-hydrogen) atoms. The number of carbonyl (C=O) groups is 2. The number of amides is 2. The molecule has 3 rings (SSSR count). The largest absolute Gasteiger partial charge is 0.481 e. The molecule has 5 nitrogen and oxygen atoms in total. The van der Waals surface area contributed by atoms with E-state index in [2.05, 4.69) is 5.32 Å². The molecular formula is C20H18Cl2N2O3. The first kappa shape index (κ1) is 19.3. The highest BCUT2D eigenvalue weighted by molar-refractivity contribution is 6.35. The predicted molar refractivity (Wildman–Crippen MR) is 109 cm³/mol. The molecule has 1 aliphatic heterocycles. The number of ether oxygens (including phenoxy) is 1. The Hall–Kier alpha value is -2.50. The van der Waals surface area contributed by atoms with Crippen molar-refractivity contribution in [3.8, 4) is 5.75 Å². The fourth-order valence-corrected chi connectivity index (χ4v) is 3.21. The summed E-state index contributed by atoms with van der Waals surface area (Å²) in [5, 5.41) is 3.77. The van der Waals surface area contributed by atoms with Gasteiger partial charge in [0.2, 0.25) is 5.91 Å². The number of hydrogen-bond donors (Lipinski definition) is 1. The predicted octanol–water partition coefficient (Wildman–Crippen LogP) is 4.78. The minimum Gasteiger partial charge on any atom is -0.481 e. The van der Waals surface area contributed by atoms with Crippen LogP contribution in [0, 0.1) is 0 Å². The van der Waals surface area contributed by atoms with Gasteiger partial charge in [-0.15, -0.1) is 0 Å². The maximum Gasteiger partial charge on any atom is 0.265 e. The van der Waals surface area contributed by atoms with E-state index in [1.54, 1.807) is 47.4 Å². The van der Waals surface area contributed by atoms with Crippen molar-refractivity contribution >= 4 is 52.5 Å². The third-order valence-electron chi connectivity index (χ3n) is 3.99. The number of rotatable bonds is 5. The lowest BCUT2D eigenvalue weighted by atomic mass is 10.2. The Balaban J connectivity index is 1.71. The van der Waals surface area contributed by atoms with Gasteiger partial charge in [-0.3, -0.25) is 9.59 Å². The van der Waals surface area contributed by atoms with Crippen LogP contribution in [0.25, 0.3) is 6.08 Å². The summed E-state index contributed by atoms with van der Waals surface area (Å²) in [7, 11) is 0. The van der Waals surface area contributed by atoms with Crippen molar-refractivity contribution < 1.29 is 14.3 Å². The summed E-state index contributed by atoms with van der Waals surface area (Å²) < 4.78 is 5.50. The Morgan fingerprint density at radius 1 is 1.26 bits per heavy atom. The number of benzene rings is 2. The normalized spacial score (nSPS) is 13.4. The van der Waals surface area contributed by atoms with Gasteiger partial charge < -0.3 is 15.0 Å².